The van der Waals surface area contributed by atoms with Crippen LogP contribution < -0.4 is 26.5 Å². The number of nitrogens with two attached hydrogens (primary N) is 1. The third-order valence-corrected chi connectivity index (χ3v) is 12.7. The molecule has 6 atom stereocenters. The zero-order valence-corrected chi connectivity index (χ0v) is 33.6. The van der Waals surface area contributed by atoms with Gasteiger partial charge in [0, 0.05) is 63.1 Å². The first-order valence-corrected chi connectivity index (χ1v) is 20.2. The third-order valence-electron chi connectivity index (χ3n) is 12.7. The van der Waals surface area contributed by atoms with Gasteiger partial charge in [-0.2, -0.15) is 20.6 Å². The number of nitrogens with one attached hydrogen (secondary N) is 3. The molecule has 6 bridgehead atoms. The Labute approximate surface area is 347 Å². The molecule has 0 saturated carbocycles. The fourth-order valence-electron chi connectivity index (χ4n) is 9.80. The van der Waals surface area contributed by atoms with Crippen LogP contribution in [-0.4, -0.2) is 120 Å². The smallest absolute Gasteiger partial charge is 0.245 e. The summed E-state index contributed by atoms with van der Waals surface area (Å²) in [5.74, 6) is 5.59. The average molecular weight is 836 g/mol. The molecular formula is C41H44F3N15O2. The maximum Gasteiger partial charge on any atom is 0.245 e. The van der Waals surface area contributed by atoms with Gasteiger partial charge in [0.05, 0.1) is 53.3 Å². The highest BCUT2D eigenvalue weighted by atomic mass is 19.1. The van der Waals surface area contributed by atoms with E-state index in [1.54, 1.807) is 30.3 Å². The molecule has 8 heterocycles. The van der Waals surface area contributed by atoms with Gasteiger partial charge in [-0.15, -0.1) is 0 Å². The fraction of sp³-hybridized carbons (Fsp3) is 0.390. The van der Waals surface area contributed by atoms with E-state index in [0.717, 1.165) is 24.1 Å². The molecule has 4 aliphatic rings. The second kappa shape index (κ2) is 15.0. The Kier molecular flexibility index (Phi) is 9.52. The number of benzene rings is 2. The lowest BCUT2D eigenvalue weighted by Crippen LogP contribution is -2.66. The number of amides is 1. The van der Waals surface area contributed by atoms with Crippen LogP contribution in [0.25, 0.3) is 39.0 Å². The largest absolute Gasteiger partial charge is 0.378 e. The van der Waals surface area contributed by atoms with Crippen LogP contribution in [0.4, 0.5) is 30.8 Å². The molecule has 5 N–H and O–H groups in total. The molecular weight excluding hydrogens is 792 g/mol. The second-order valence-electron chi connectivity index (χ2n) is 16.3. The van der Waals surface area contributed by atoms with Gasteiger partial charge in [-0.25, -0.2) is 27.8 Å². The van der Waals surface area contributed by atoms with Crippen molar-refractivity contribution in [1.29, 1.82) is 5.41 Å². The first-order valence-electron chi connectivity index (χ1n) is 20.2. The standard InChI is InChI=1S/C41H44F3N15O2/c1-21-48-33-11-23(43)9-29-32-5-4-6-36(50-32)49-24-12-35(40(60)54(2)18-28(61-3)19-55(21)37(29)33)56(17-24)38-30-16-47-59(34-8-7-22(42)10-31(34)44)39(30)52-41(51-38)58-26-13-25(14-27(58)15-26)57(20-45)53-46/h4-11,16,20,24-28,35,45,53H,12-15,17-19,46H2,1-3H3,(H,49,50)/t24-,25?,26-,27+,28-,35-/m0/s1. The molecule has 10 rings (SSSR count). The lowest BCUT2D eigenvalue weighted by atomic mass is 9.77. The van der Waals surface area contributed by atoms with Gasteiger partial charge in [0.1, 0.15) is 40.8 Å². The lowest BCUT2D eigenvalue weighted by Gasteiger charge is -2.56. The van der Waals surface area contributed by atoms with Crippen molar-refractivity contribution in [2.45, 2.75) is 75.5 Å². The maximum absolute atomic E-state index is 15.5. The van der Waals surface area contributed by atoms with E-state index >= 15 is 8.78 Å². The van der Waals surface area contributed by atoms with Crippen molar-refractivity contribution in [1.82, 2.24) is 49.7 Å². The molecule has 6 aromatic rings. The summed E-state index contributed by atoms with van der Waals surface area (Å²) in [7, 11) is 3.35. The summed E-state index contributed by atoms with van der Waals surface area (Å²) in [5.41, 5.74) is 5.23. The number of hydrazine groups is 2. The monoisotopic (exact) mass is 835 g/mol. The minimum atomic E-state index is -0.816. The first-order chi connectivity index (χ1) is 29.5. The number of imidazole rings is 1. The second-order valence-corrected chi connectivity index (χ2v) is 16.3. The number of hydrogen-bond acceptors (Lipinski definition) is 13. The predicted molar refractivity (Wildman–Crippen MR) is 221 cm³/mol. The Hall–Kier alpha value is -6.38. The Bertz CT molecular complexity index is 2700. The van der Waals surface area contributed by atoms with Gasteiger partial charge in [-0.1, -0.05) is 6.07 Å². The SMILES string of the molecule is CO[C@H]1CN(C)C(=O)[C@@H]2C[C@@H](CN2c2nc(N3[C@@H]4CC(N(C=N)NN)C[C@H]3C4)nc3c2cnn3-c2ccc(F)cc2F)Nc2cccc(n2)-c2cc(F)cc3nc(C)n(c23)C1. The van der Waals surface area contributed by atoms with Crippen molar-refractivity contribution in [2.75, 3.05) is 42.4 Å². The topological polar surface area (TPSA) is 188 Å². The van der Waals surface area contributed by atoms with E-state index in [-0.39, 0.29) is 48.0 Å². The number of aromatic nitrogens is 7. The normalized spacial score (nSPS) is 23.8. The van der Waals surface area contributed by atoms with E-state index in [0.29, 0.717) is 77.9 Å². The number of halogens is 3. The quantitative estimate of drug-likeness (QED) is 0.0786. The van der Waals surface area contributed by atoms with Gasteiger partial charge in [-0.3, -0.25) is 21.1 Å². The number of methoxy groups -OCH3 is 1. The highest BCUT2D eigenvalue weighted by Crippen LogP contribution is 2.44. The molecule has 4 aliphatic heterocycles. The van der Waals surface area contributed by atoms with E-state index in [9.17, 15) is 9.18 Å². The van der Waals surface area contributed by atoms with Crippen LogP contribution in [0.1, 0.15) is 31.5 Å². The molecule has 17 nitrogen and oxygen atoms in total. The fourth-order valence-corrected chi connectivity index (χ4v) is 9.80. The van der Waals surface area contributed by atoms with Crippen LogP contribution in [0.15, 0.2) is 54.7 Å². The van der Waals surface area contributed by atoms with Crippen LogP contribution in [0.3, 0.4) is 0 Å². The zero-order chi connectivity index (χ0) is 42.3. The summed E-state index contributed by atoms with van der Waals surface area (Å²) < 4.78 is 54.1. The van der Waals surface area contributed by atoms with E-state index in [1.807, 2.05) is 34.6 Å². The molecule has 1 amide bonds. The summed E-state index contributed by atoms with van der Waals surface area (Å²) in [6.45, 7) is 2.73. The summed E-state index contributed by atoms with van der Waals surface area (Å²) in [6.07, 6.45) is 4.85. The van der Waals surface area contributed by atoms with Crippen molar-refractivity contribution in [2.24, 2.45) is 5.84 Å². The van der Waals surface area contributed by atoms with Crippen molar-refractivity contribution in [3.05, 3.63) is 78.0 Å². The minimum absolute atomic E-state index is 0.00435. The van der Waals surface area contributed by atoms with E-state index in [2.05, 4.69) is 25.8 Å². The Morgan fingerprint density at radius 2 is 1.80 bits per heavy atom. The highest BCUT2D eigenvalue weighted by Gasteiger charge is 2.49. The summed E-state index contributed by atoms with van der Waals surface area (Å²) in [5, 5.41) is 18.0. The van der Waals surface area contributed by atoms with E-state index < -0.39 is 29.6 Å². The molecule has 61 heavy (non-hydrogen) atoms. The molecule has 316 valence electrons. The Balaban J connectivity index is 1.09. The molecule has 20 heteroatoms. The summed E-state index contributed by atoms with van der Waals surface area (Å²) in [4.78, 5) is 40.5. The van der Waals surface area contributed by atoms with Gasteiger partial charge < -0.3 is 29.3 Å². The van der Waals surface area contributed by atoms with Crippen molar-refractivity contribution in [3.8, 4) is 16.9 Å². The van der Waals surface area contributed by atoms with Crippen LogP contribution in [0, 0.1) is 29.8 Å². The molecule has 1 unspecified atom stereocenters. The summed E-state index contributed by atoms with van der Waals surface area (Å²) >= 11 is 0. The van der Waals surface area contributed by atoms with Crippen molar-refractivity contribution < 1.29 is 22.7 Å². The summed E-state index contributed by atoms with van der Waals surface area (Å²) in [6, 6.07) is 10.7. The lowest BCUT2D eigenvalue weighted by molar-refractivity contribution is -0.132. The molecule has 3 saturated heterocycles. The number of ether oxygens (including phenoxy) is 1. The number of fused-ring (bicyclic) bond motifs is 8. The zero-order valence-electron chi connectivity index (χ0n) is 33.6. The van der Waals surface area contributed by atoms with Gasteiger partial charge in [0.2, 0.25) is 11.9 Å². The molecule has 3 fully saturated rings. The number of nitrogens with zero attached hydrogens (tertiary/aromatic N) is 11. The number of carbonyl (C=O) groups excluding carboxylic acids is 1. The van der Waals surface area contributed by atoms with E-state index in [1.165, 1.54) is 29.2 Å². The Morgan fingerprint density at radius 3 is 2.56 bits per heavy atom. The molecule has 0 radical (unpaired) electrons. The Morgan fingerprint density at radius 1 is 0.984 bits per heavy atom. The molecule has 0 aliphatic carbocycles. The van der Waals surface area contributed by atoms with Crippen LogP contribution in [0.2, 0.25) is 0 Å². The number of anilines is 3. The third kappa shape index (κ3) is 6.56. The number of carbonyl (C=O) groups is 1. The van der Waals surface area contributed by atoms with Gasteiger partial charge in [0.25, 0.3) is 0 Å². The maximum atomic E-state index is 15.5. The molecule has 4 aromatic heterocycles. The molecule has 0 spiro atoms. The number of piperidine rings is 1. The van der Waals surface area contributed by atoms with Gasteiger partial charge in [-0.05, 0) is 62.9 Å². The first kappa shape index (κ1) is 38.8. The van der Waals surface area contributed by atoms with Gasteiger partial charge >= 0.3 is 0 Å². The van der Waals surface area contributed by atoms with Crippen LogP contribution in [0.5, 0.6) is 0 Å². The molecule has 2 aromatic carbocycles. The van der Waals surface area contributed by atoms with Crippen LogP contribution in [-0.2, 0) is 16.1 Å². The number of hydrogen-bond donors (Lipinski definition) is 4. The van der Waals surface area contributed by atoms with E-state index in [4.69, 9.17) is 30.9 Å². The average Bonchev–Trinajstić information content (AvgIpc) is 3.95. The minimum Gasteiger partial charge on any atom is -0.378 e. The van der Waals surface area contributed by atoms with Crippen LogP contribution >= 0.6 is 0 Å². The predicted octanol–water partition coefficient (Wildman–Crippen LogP) is 3.90. The van der Waals surface area contributed by atoms with Crippen molar-refractivity contribution >= 4 is 51.9 Å². The number of likely N-dealkylation sites (N-methyl/N-ethyl adjacent to an activating group) is 1. The van der Waals surface area contributed by atoms with Gasteiger partial charge in [0.15, 0.2) is 11.5 Å². The number of rotatable bonds is 7. The number of pyridine rings is 1. The van der Waals surface area contributed by atoms with Crippen molar-refractivity contribution in [3.63, 3.8) is 0 Å². The highest BCUT2D eigenvalue weighted by molar-refractivity contribution is 5.94. The number of aryl methyl sites for hydroxylation is 1.